The van der Waals surface area contributed by atoms with E-state index in [9.17, 15) is 44.3 Å². The molecular weight excluding hydrogens is 511 g/mol. The fourth-order valence-electron chi connectivity index (χ4n) is 6.48. The maximum Gasteiger partial charge on any atom is 0.255 e. The number of nitrogens with two attached hydrogens (primary N) is 1. The minimum absolute atomic E-state index is 0.132. The van der Waals surface area contributed by atoms with Gasteiger partial charge in [0.05, 0.1) is 23.6 Å². The Morgan fingerprint density at radius 1 is 1.05 bits per heavy atom. The van der Waals surface area contributed by atoms with Crippen molar-refractivity contribution in [3.8, 4) is 16.9 Å². The summed E-state index contributed by atoms with van der Waals surface area (Å²) in [6.07, 6.45) is -1.67. The highest BCUT2D eigenvalue weighted by Crippen LogP contribution is 2.56. The van der Waals surface area contributed by atoms with Crippen LogP contribution >= 0.6 is 0 Å². The van der Waals surface area contributed by atoms with Crippen LogP contribution in [-0.4, -0.2) is 79.7 Å². The van der Waals surface area contributed by atoms with Gasteiger partial charge in [0, 0.05) is 17.1 Å². The van der Waals surface area contributed by atoms with Gasteiger partial charge in [0.1, 0.15) is 28.7 Å². The molecule has 3 aliphatic carbocycles. The van der Waals surface area contributed by atoms with E-state index >= 15 is 0 Å². The zero-order valence-electron chi connectivity index (χ0n) is 21.2. The van der Waals surface area contributed by atoms with E-state index in [1.807, 2.05) is 0 Å². The van der Waals surface area contributed by atoms with Crippen LogP contribution < -0.4 is 5.73 Å². The Labute approximate surface area is 222 Å². The Bertz CT molecular complexity index is 1510. The average Bonchev–Trinajstić information content (AvgIpc) is 2.86. The summed E-state index contributed by atoms with van der Waals surface area (Å²) in [6, 6.07) is 6.98. The summed E-state index contributed by atoms with van der Waals surface area (Å²) < 4.78 is 13.5. The number of aromatic hydroxyl groups is 1. The molecule has 0 heterocycles. The van der Waals surface area contributed by atoms with E-state index in [1.165, 1.54) is 43.3 Å². The van der Waals surface area contributed by atoms with Crippen LogP contribution in [0.1, 0.15) is 24.0 Å². The molecule has 0 aromatic heterocycles. The summed E-state index contributed by atoms with van der Waals surface area (Å²) in [7, 11) is 2.89. The molecule has 2 aromatic carbocycles. The maximum absolute atomic E-state index is 14.0. The van der Waals surface area contributed by atoms with Crippen LogP contribution in [0.4, 0.5) is 4.39 Å². The first kappa shape index (κ1) is 26.5. The highest BCUT2D eigenvalue weighted by atomic mass is 19.1. The molecule has 10 nitrogen and oxygen atoms in total. The van der Waals surface area contributed by atoms with E-state index in [-0.39, 0.29) is 11.1 Å². The smallest absolute Gasteiger partial charge is 0.255 e. The van der Waals surface area contributed by atoms with Crippen LogP contribution in [0.15, 0.2) is 53.3 Å². The molecule has 3 aliphatic rings. The molecule has 5 rings (SSSR count). The van der Waals surface area contributed by atoms with Crippen molar-refractivity contribution >= 4 is 23.2 Å². The second-order valence-corrected chi connectivity index (χ2v) is 10.5. The van der Waals surface area contributed by atoms with Crippen molar-refractivity contribution in [2.75, 3.05) is 14.1 Å². The third-order valence-corrected chi connectivity index (χ3v) is 8.28. The Morgan fingerprint density at radius 3 is 2.23 bits per heavy atom. The number of phenolic OH excluding ortho intramolecular Hbond substituents is 1. The van der Waals surface area contributed by atoms with Crippen molar-refractivity contribution in [3.63, 3.8) is 0 Å². The molecule has 0 aliphatic heterocycles. The molecule has 0 radical (unpaired) electrons. The van der Waals surface area contributed by atoms with Gasteiger partial charge in [-0.1, -0.05) is 31.2 Å². The lowest BCUT2D eigenvalue weighted by molar-refractivity contribution is -0.169. The number of Topliss-reactive ketones (excluding diaryl/α,β-unsaturated/α-hetero) is 2. The largest absolute Gasteiger partial charge is 0.508 e. The van der Waals surface area contributed by atoms with Gasteiger partial charge in [-0.05, 0) is 43.3 Å². The van der Waals surface area contributed by atoms with Gasteiger partial charge in [-0.25, -0.2) is 4.39 Å². The van der Waals surface area contributed by atoms with Gasteiger partial charge in [0.25, 0.3) is 5.91 Å². The van der Waals surface area contributed by atoms with E-state index < -0.39 is 87.2 Å². The van der Waals surface area contributed by atoms with Crippen molar-refractivity contribution in [2.45, 2.75) is 30.6 Å². The summed E-state index contributed by atoms with van der Waals surface area (Å²) in [4.78, 5) is 40.6. The van der Waals surface area contributed by atoms with Gasteiger partial charge < -0.3 is 31.3 Å². The number of amides is 1. The fraction of sp³-hybridized carbons (Fsp3) is 0.321. The number of hydrogen-bond donors (Lipinski definition) is 6. The molecule has 11 heteroatoms. The van der Waals surface area contributed by atoms with Crippen molar-refractivity contribution in [3.05, 3.63) is 70.2 Å². The number of ketones is 2. The molecule has 7 N–H and O–H groups in total. The lowest BCUT2D eigenvalue weighted by atomic mass is 9.54. The number of carbonyl (C=O) groups excluding carboxylic acids is 3. The maximum atomic E-state index is 14.0. The molecule has 2 aromatic rings. The van der Waals surface area contributed by atoms with Crippen molar-refractivity contribution < 1.29 is 44.3 Å². The monoisotopic (exact) mass is 538 g/mol. The third-order valence-electron chi connectivity index (χ3n) is 8.28. The van der Waals surface area contributed by atoms with Gasteiger partial charge in [0.2, 0.25) is 5.78 Å². The zero-order valence-corrected chi connectivity index (χ0v) is 21.2. The number of carbonyl (C=O) groups is 3. The number of fused-ring (bicyclic) bond motifs is 3. The van der Waals surface area contributed by atoms with Gasteiger partial charge in [-0.3, -0.25) is 19.3 Å². The Kier molecular flexibility index (Phi) is 5.94. The van der Waals surface area contributed by atoms with Crippen molar-refractivity contribution in [1.82, 2.24) is 4.90 Å². The fourth-order valence-corrected chi connectivity index (χ4v) is 6.48. The van der Waals surface area contributed by atoms with Crippen LogP contribution in [0.5, 0.6) is 5.75 Å². The molecule has 204 valence electrons. The van der Waals surface area contributed by atoms with Gasteiger partial charge >= 0.3 is 0 Å². The summed E-state index contributed by atoms with van der Waals surface area (Å²) in [6.45, 7) is 1.65. The number of aliphatic hydroxyl groups is 4. The summed E-state index contributed by atoms with van der Waals surface area (Å²) in [5.74, 6) is -10.0. The van der Waals surface area contributed by atoms with Crippen LogP contribution in [-0.2, 0) is 14.4 Å². The van der Waals surface area contributed by atoms with E-state index in [0.717, 1.165) is 0 Å². The Hall–Kier alpha value is -4.06. The van der Waals surface area contributed by atoms with Crippen molar-refractivity contribution in [2.24, 2.45) is 17.6 Å². The highest BCUT2D eigenvalue weighted by molar-refractivity contribution is 6.24. The molecule has 0 spiro atoms. The lowest BCUT2D eigenvalue weighted by Gasteiger charge is -2.53. The summed E-state index contributed by atoms with van der Waals surface area (Å²) in [5.41, 5.74) is 1.78. The van der Waals surface area contributed by atoms with Gasteiger partial charge in [-0.2, -0.15) is 0 Å². The number of halogens is 1. The molecule has 6 unspecified atom stereocenters. The Balaban J connectivity index is 1.78. The number of primary amides is 1. The molecule has 0 bridgehead atoms. The number of rotatable bonds is 3. The SMILES string of the molecule is CC1c2ccc(-c3ccc(F)cc3)c(O)c2C(O)=C2C(=O)C3(O)C(O)=C(C(N)=O)C(=O)C(N(C)C)C3C(O)C21. The number of phenols is 1. The van der Waals surface area contributed by atoms with E-state index in [2.05, 4.69) is 0 Å². The average molecular weight is 539 g/mol. The molecule has 0 saturated heterocycles. The normalized spacial score (nSPS) is 30.3. The van der Waals surface area contributed by atoms with E-state index in [4.69, 9.17) is 5.73 Å². The molecule has 39 heavy (non-hydrogen) atoms. The first-order valence-corrected chi connectivity index (χ1v) is 12.2. The van der Waals surface area contributed by atoms with E-state index in [1.54, 1.807) is 19.1 Å². The lowest BCUT2D eigenvalue weighted by Crippen LogP contribution is -2.70. The van der Waals surface area contributed by atoms with Crippen LogP contribution in [0, 0.1) is 17.7 Å². The minimum atomic E-state index is -2.98. The number of nitrogens with zero attached hydrogens (tertiary/aromatic N) is 1. The van der Waals surface area contributed by atoms with Gasteiger partial charge in [0.15, 0.2) is 11.4 Å². The molecule has 1 fully saturated rings. The molecule has 6 atom stereocenters. The third kappa shape index (κ3) is 3.40. The zero-order chi connectivity index (χ0) is 28.7. The predicted octanol–water partition coefficient (Wildman–Crippen LogP) is 1.30. The number of hydrogen-bond acceptors (Lipinski definition) is 9. The quantitative estimate of drug-likeness (QED) is 0.314. The topological polar surface area (TPSA) is 182 Å². The number of likely N-dealkylation sites (N-methyl/N-ethyl adjacent to an activating group) is 1. The second kappa shape index (κ2) is 8.73. The van der Waals surface area contributed by atoms with Crippen molar-refractivity contribution in [1.29, 1.82) is 0 Å². The van der Waals surface area contributed by atoms with Crippen LogP contribution in [0.3, 0.4) is 0 Å². The van der Waals surface area contributed by atoms with Gasteiger partial charge in [-0.15, -0.1) is 0 Å². The summed E-state index contributed by atoms with van der Waals surface area (Å²) in [5, 5.41) is 56.9. The minimum Gasteiger partial charge on any atom is -0.508 e. The predicted molar refractivity (Wildman–Crippen MR) is 136 cm³/mol. The Morgan fingerprint density at radius 2 is 1.67 bits per heavy atom. The summed E-state index contributed by atoms with van der Waals surface area (Å²) >= 11 is 0. The second-order valence-electron chi connectivity index (χ2n) is 10.5. The molecular formula is C28H27FN2O8. The molecule has 1 amide bonds. The van der Waals surface area contributed by atoms with E-state index in [0.29, 0.717) is 11.1 Å². The standard InChI is InChI=1S/C28H27FN2O8/c1-10-13-8-9-14(11-4-6-12(29)7-5-11)21(32)16(13)22(33)17-15(10)23(34)19-20(31(2)3)24(35)18(27(30)38)26(37)28(19,39)25(17)36/h4-10,15,19-20,23,32-34,37,39H,1-3H3,(H2,30,38). The van der Waals surface area contributed by atoms with Crippen LogP contribution in [0.2, 0.25) is 0 Å². The first-order chi connectivity index (χ1) is 18.2. The van der Waals surface area contributed by atoms with Crippen LogP contribution in [0.25, 0.3) is 16.9 Å². The number of benzene rings is 2. The highest BCUT2D eigenvalue weighted by Gasteiger charge is 2.68. The first-order valence-electron chi connectivity index (χ1n) is 12.2. The number of aliphatic hydroxyl groups excluding tert-OH is 3. The molecule has 1 saturated carbocycles.